The largest absolute Gasteiger partial charge is 0.495 e. The Bertz CT molecular complexity index is 1160. The van der Waals surface area contributed by atoms with E-state index in [-0.39, 0.29) is 17.2 Å². The maximum atomic E-state index is 13.0. The number of amides is 1. The monoisotopic (exact) mass is 445 g/mol. The van der Waals surface area contributed by atoms with Crippen LogP contribution in [0, 0.1) is 0 Å². The predicted octanol–water partition coefficient (Wildman–Crippen LogP) is 5.04. The number of carbonyl (C=O) groups is 2. The maximum absolute atomic E-state index is 13.0. The molecule has 1 amide bonds. The van der Waals surface area contributed by atoms with Crippen molar-refractivity contribution in [2.45, 2.75) is 12.5 Å². The normalized spacial score (nSPS) is 16.2. The lowest BCUT2D eigenvalue weighted by atomic mass is 10.1. The van der Waals surface area contributed by atoms with Crippen LogP contribution < -0.4 is 14.4 Å². The summed E-state index contributed by atoms with van der Waals surface area (Å²) in [5, 5.41) is 11.2. The van der Waals surface area contributed by atoms with Crippen molar-refractivity contribution in [3.63, 3.8) is 0 Å². The lowest BCUT2D eigenvalue weighted by molar-refractivity contribution is -0.122. The highest BCUT2D eigenvalue weighted by molar-refractivity contribution is 6.39. The molecule has 1 aliphatic rings. The van der Waals surface area contributed by atoms with Crippen molar-refractivity contribution in [1.29, 1.82) is 0 Å². The molecule has 0 saturated carbocycles. The third-order valence-corrected chi connectivity index (χ3v) is 5.49. The van der Waals surface area contributed by atoms with Crippen LogP contribution in [0.4, 0.5) is 5.69 Å². The van der Waals surface area contributed by atoms with Gasteiger partial charge in [0.05, 0.1) is 23.4 Å². The summed E-state index contributed by atoms with van der Waals surface area (Å²) in [6, 6.07) is 13.3. The lowest BCUT2D eigenvalue weighted by Gasteiger charge is -2.20. The highest BCUT2D eigenvalue weighted by Crippen LogP contribution is 2.38. The van der Waals surface area contributed by atoms with Gasteiger partial charge in [-0.05, 0) is 41.8 Å². The molecule has 3 aromatic carbocycles. The fourth-order valence-electron chi connectivity index (χ4n) is 3.61. The fourth-order valence-corrected chi connectivity index (χ4v) is 4.22. The first-order valence-corrected chi connectivity index (χ1v) is 9.92. The molecule has 1 N–H and O–H groups in total. The first-order valence-electron chi connectivity index (χ1n) is 9.16. The molecule has 0 aliphatic carbocycles. The van der Waals surface area contributed by atoms with E-state index in [1.807, 2.05) is 12.1 Å². The van der Waals surface area contributed by atoms with Crippen LogP contribution in [0.15, 0.2) is 48.5 Å². The number of hydrogen-bond acceptors (Lipinski definition) is 4. The molecule has 1 atom stereocenters. The second-order valence-electron chi connectivity index (χ2n) is 6.82. The number of fused-ring (bicyclic) bond motifs is 1. The molecule has 0 radical (unpaired) electrons. The topological polar surface area (TPSA) is 76.1 Å². The zero-order chi connectivity index (χ0) is 21.4. The van der Waals surface area contributed by atoms with Crippen LogP contribution in [-0.2, 0) is 4.79 Å². The summed E-state index contributed by atoms with van der Waals surface area (Å²) < 4.78 is 11.4. The first kappa shape index (κ1) is 20.3. The minimum Gasteiger partial charge on any atom is -0.495 e. The number of methoxy groups -OCH3 is 1. The third kappa shape index (κ3) is 3.64. The van der Waals surface area contributed by atoms with Crippen LogP contribution >= 0.6 is 23.2 Å². The van der Waals surface area contributed by atoms with Crippen LogP contribution in [-0.4, -0.2) is 36.7 Å². The predicted molar refractivity (Wildman–Crippen MR) is 115 cm³/mol. The van der Waals surface area contributed by atoms with Gasteiger partial charge in [-0.2, -0.15) is 0 Å². The van der Waals surface area contributed by atoms with Gasteiger partial charge in [0.15, 0.2) is 6.10 Å². The van der Waals surface area contributed by atoms with Crippen molar-refractivity contribution in [2.75, 3.05) is 18.6 Å². The molecular formula is C22H17Cl2NO5. The molecule has 0 aromatic heterocycles. The molecule has 30 heavy (non-hydrogen) atoms. The van der Waals surface area contributed by atoms with Crippen molar-refractivity contribution in [1.82, 2.24) is 0 Å². The SMILES string of the molecule is COc1ccccc1N1CCC(Oc2cc(C(=O)O)cc3cc(Cl)cc(Cl)c23)C1=O. The van der Waals surface area contributed by atoms with Crippen LogP contribution in [0.5, 0.6) is 11.5 Å². The highest BCUT2D eigenvalue weighted by Gasteiger charge is 2.36. The van der Waals surface area contributed by atoms with Crippen molar-refractivity contribution >= 4 is 51.5 Å². The average molecular weight is 446 g/mol. The van der Waals surface area contributed by atoms with E-state index in [2.05, 4.69) is 0 Å². The Hall–Kier alpha value is -2.96. The smallest absolute Gasteiger partial charge is 0.335 e. The molecule has 4 rings (SSSR count). The Morgan fingerprint density at radius 3 is 2.63 bits per heavy atom. The molecule has 8 heteroatoms. The summed E-state index contributed by atoms with van der Waals surface area (Å²) in [7, 11) is 1.55. The number of para-hydroxylation sites is 2. The van der Waals surface area contributed by atoms with E-state index in [0.717, 1.165) is 0 Å². The Balaban J connectivity index is 1.71. The van der Waals surface area contributed by atoms with Gasteiger partial charge in [-0.15, -0.1) is 0 Å². The molecule has 1 heterocycles. The summed E-state index contributed by atoms with van der Waals surface area (Å²) in [6.07, 6.45) is -0.352. The molecule has 1 fully saturated rings. The Morgan fingerprint density at radius 2 is 1.90 bits per heavy atom. The third-order valence-electron chi connectivity index (χ3n) is 4.98. The number of anilines is 1. The summed E-state index contributed by atoms with van der Waals surface area (Å²) in [6.45, 7) is 0.444. The van der Waals surface area contributed by atoms with E-state index in [4.69, 9.17) is 32.7 Å². The number of carboxylic acids is 1. The molecule has 0 spiro atoms. The van der Waals surface area contributed by atoms with Crippen LogP contribution in [0.2, 0.25) is 10.0 Å². The number of hydrogen-bond donors (Lipinski definition) is 1. The molecule has 154 valence electrons. The van der Waals surface area contributed by atoms with E-state index in [1.165, 1.54) is 12.1 Å². The quantitative estimate of drug-likeness (QED) is 0.595. The zero-order valence-corrected chi connectivity index (χ0v) is 17.4. The summed E-state index contributed by atoms with van der Waals surface area (Å²) in [4.78, 5) is 26.2. The van der Waals surface area contributed by atoms with Crippen molar-refractivity contribution in [3.8, 4) is 11.5 Å². The number of rotatable bonds is 5. The molecule has 1 aliphatic heterocycles. The van der Waals surface area contributed by atoms with Crippen molar-refractivity contribution in [2.24, 2.45) is 0 Å². The zero-order valence-electron chi connectivity index (χ0n) is 15.9. The van der Waals surface area contributed by atoms with Gasteiger partial charge in [0.2, 0.25) is 0 Å². The second kappa shape index (κ2) is 8.05. The van der Waals surface area contributed by atoms with Gasteiger partial charge >= 0.3 is 5.97 Å². The Morgan fingerprint density at radius 1 is 1.13 bits per heavy atom. The Labute approximate surface area is 182 Å². The van der Waals surface area contributed by atoms with Gasteiger partial charge in [-0.1, -0.05) is 35.3 Å². The number of carboxylic acid groups (broad SMARTS) is 1. The van der Waals surface area contributed by atoms with Crippen LogP contribution in [0.25, 0.3) is 10.8 Å². The summed E-state index contributed by atoms with van der Waals surface area (Å²) in [5.41, 5.74) is 0.674. The number of aromatic carboxylic acids is 1. The van der Waals surface area contributed by atoms with Crippen molar-refractivity contribution < 1.29 is 24.2 Å². The van der Waals surface area contributed by atoms with E-state index < -0.39 is 12.1 Å². The maximum Gasteiger partial charge on any atom is 0.335 e. The number of nitrogens with zero attached hydrogens (tertiary/aromatic N) is 1. The fraction of sp³-hybridized carbons (Fsp3) is 0.182. The average Bonchev–Trinajstić information content (AvgIpc) is 3.07. The second-order valence-corrected chi connectivity index (χ2v) is 7.67. The van der Waals surface area contributed by atoms with Gasteiger partial charge in [0, 0.05) is 23.4 Å². The molecule has 1 saturated heterocycles. The Kier molecular flexibility index (Phi) is 5.45. The van der Waals surface area contributed by atoms with E-state index >= 15 is 0 Å². The number of halogens is 2. The molecule has 1 unspecified atom stereocenters. The minimum atomic E-state index is -1.12. The van der Waals surface area contributed by atoms with E-state index in [1.54, 1.807) is 36.3 Å². The summed E-state index contributed by atoms with van der Waals surface area (Å²) in [5.74, 6) is -0.543. The van der Waals surface area contributed by atoms with Gasteiger partial charge in [0.1, 0.15) is 11.5 Å². The molecule has 0 bridgehead atoms. The lowest BCUT2D eigenvalue weighted by Crippen LogP contribution is -2.32. The van der Waals surface area contributed by atoms with Crippen LogP contribution in [0.1, 0.15) is 16.8 Å². The number of benzene rings is 3. The van der Waals surface area contributed by atoms with Gasteiger partial charge < -0.3 is 19.5 Å². The minimum absolute atomic E-state index is 0.0165. The first-order chi connectivity index (χ1) is 14.4. The standard InChI is InChI=1S/C22H17Cl2NO5/c1-29-17-5-3-2-4-16(17)25-7-6-18(21(25)26)30-19-10-13(22(27)28)8-12-9-14(23)11-15(24)20(12)19/h2-5,8-11,18H,6-7H2,1H3,(H,27,28). The van der Waals surface area contributed by atoms with E-state index in [0.29, 0.717) is 45.2 Å². The van der Waals surface area contributed by atoms with Gasteiger partial charge in [0.25, 0.3) is 5.91 Å². The summed E-state index contributed by atoms with van der Waals surface area (Å²) >= 11 is 12.4. The molecule has 6 nitrogen and oxygen atoms in total. The number of ether oxygens (including phenoxy) is 2. The van der Waals surface area contributed by atoms with E-state index in [9.17, 15) is 14.7 Å². The molecule has 3 aromatic rings. The van der Waals surface area contributed by atoms with Crippen molar-refractivity contribution in [3.05, 3.63) is 64.1 Å². The highest BCUT2D eigenvalue weighted by atomic mass is 35.5. The molecular weight excluding hydrogens is 429 g/mol. The number of carbonyl (C=O) groups excluding carboxylic acids is 1. The van der Waals surface area contributed by atoms with Gasteiger partial charge in [-0.25, -0.2) is 4.79 Å². The van der Waals surface area contributed by atoms with Crippen LogP contribution in [0.3, 0.4) is 0 Å². The van der Waals surface area contributed by atoms with Gasteiger partial charge in [-0.3, -0.25) is 4.79 Å².